The van der Waals surface area contributed by atoms with Crippen LogP contribution in [-0.4, -0.2) is 85.1 Å². The fraction of sp³-hybridized carbons (Fsp3) is 0.462. The molecule has 3 aromatic heterocycles. The number of anilines is 1. The Balaban J connectivity index is 1.14. The molecule has 3 saturated heterocycles. The lowest BCUT2D eigenvalue weighted by Crippen LogP contribution is -2.43. The minimum Gasteiger partial charge on any atom is -0.508 e. The van der Waals surface area contributed by atoms with Gasteiger partial charge in [0.15, 0.2) is 5.82 Å². The predicted octanol–water partition coefficient (Wildman–Crippen LogP) is 6.65. The van der Waals surface area contributed by atoms with Gasteiger partial charge in [0.25, 0.3) is 0 Å². The van der Waals surface area contributed by atoms with E-state index >= 15 is 8.78 Å². The zero-order valence-electron chi connectivity index (χ0n) is 29.2. The normalized spacial score (nSPS) is 25.8. The fourth-order valence-corrected chi connectivity index (χ4v) is 9.64. The van der Waals surface area contributed by atoms with Crippen LogP contribution in [0, 0.1) is 36.3 Å². The SMILES string of the molecule is CCc1c(F)ccc2cc(O)cc(-c3ncc4c(N5C[C@H]6C[C@@H](C5)[C@H](C(=O)n5ccc(C)n5)C6)nc(OC[C@@]56CCCN5C[C@H](F)C6)nc4c3F)c12. The second kappa shape index (κ2) is 12.4. The van der Waals surface area contributed by atoms with E-state index in [1.165, 1.54) is 29.1 Å². The molecule has 1 aliphatic carbocycles. The van der Waals surface area contributed by atoms with Gasteiger partial charge in [-0.15, -0.1) is 0 Å². The number of carbonyl (C=O) groups is 1. The second-order valence-electron chi connectivity index (χ2n) is 15.2. The lowest BCUT2D eigenvalue weighted by atomic mass is 9.93. The average Bonchev–Trinajstić information content (AvgIpc) is 3.88. The Kier molecular flexibility index (Phi) is 7.90. The van der Waals surface area contributed by atoms with Crippen molar-refractivity contribution in [3.8, 4) is 23.0 Å². The Morgan fingerprint density at radius 3 is 2.79 bits per heavy atom. The highest BCUT2D eigenvalue weighted by atomic mass is 19.1. The Bertz CT molecular complexity index is 2250. The number of aromatic nitrogens is 5. The minimum atomic E-state index is -0.942. The number of phenols is 1. The summed E-state index contributed by atoms with van der Waals surface area (Å²) in [5, 5.41) is 16.4. The van der Waals surface area contributed by atoms with Crippen molar-refractivity contribution in [2.24, 2.45) is 17.8 Å². The smallest absolute Gasteiger partial charge is 0.319 e. The number of carbonyl (C=O) groups excluding carboxylic acids is 1. The van der Waals surface area contributed by atoms with Crippen molar-refractivity contribution in [3.05, 3.63) is 65.6 Å². The number of halogens is 3. The van der Waals surface area contributed by atoms with Crippen LogP contribution < -0.4 is 9.64 Å². The summed E-state index contributed by atoms with van der Waals surface area (Å²) < 4.78 is 54.6. The van der Waals surface area contributed by atoms with Gasteiger partial charge in [-0.1, -0.05) is 13.0 Å². The van der Waals surface area contributed by atoms with E-state index in [4.69, 9.17) is 9.72 Å². The standard InChI is InChI=1S/C39H40F3N7O3/c1-3-27-31(41)6-5-23-13-26(50)14-29(32(23)27)34-33(42)35-30(16-43-34)36(45-38(44-35)52-20-39-8-4-9-48(39)19-25(40)15-39)47-17-22-11-24(18-47)28(12-22)37(51)49-10-7-21(2)46-49/h5-7,10,13-14,16,22,24-25,28,50H,3-4,8-9,11-12,15,17-20H2,1-2H3/t22-,24-,25+,28+,39-/m0/s1. The summed E-state index contributed by atoms with van der Waals surface area (Å²) in [4.78, 5) is 31.8. The molecular weight excluding hydrogens is 671 g/mol. The van der Waals surface area contributed by atoms with E-state index in [0.29, 0.717) is 66.4 Å². The largest absolute Gasteiger partial charge is 0.508 e. The number of nitrogens with zero attached hydrogens (tertiary/aromatic N) is 7. The summed E-state index contributed by atoms with van der Waals surface area (Å²) in [6.45, 7) is 6.12. The number of alkyl halides is 1. The van der Waals surface area contributed by atoms with E-state index in [0.717, 1.165) is 31.5 Å². The van der Waals surface area contributed by atoms with Crippen molar-refractivity contribution < 1.29 is 27.8 Å². The molecule has 10 nitrogen and oxygen atoms in total. The first kappa shape index (κ1) is 33.1. The molecule has 2 aromatic carbocycles. The van der Waals surface area contributed by atoms with Gasteiger partial charge in [-0.3, -0.25) is 14.7 Å². The first-order valence-corrected chi connectivity index (χ1v) is 18.2. The summed E-state index contributed by atoms with van der Waals surface area (Å²) in [6, 6.07) is 7.62. The molecule has 3 aliphatic heterocycles. The molecular formula is C39H40F3N7O3. The number of pyridine rings is 1. The van der Waals surface area contributed by atoms with E-state index < -0.39 is 23.3 Å². The fourth-order valence-electron chi connectivity index (χ4n) is 9.64. The maximum Gasteiger partial charge on any atom is 0.319 e. The predicted molar refractivity (Wildman–Crippen MR) is 189 cm³/mol. The maximum absolute atomic E-state index is 17.1. The molecule has 0 amide bonds. The number of hydrogen-bond donors (Lipinski definition) is 1. The number of phenolic OH excluding ortho intramolecular Hbond substituents is 1. The van der Waals surface area contributed by atoms with Crippen LogP contribution in [0.2, 0.25) is 0 Å². The van der Waals surface area contributed by atoms with Crippen molar-refractivity contribution in [2.75, 3.05) is 37.7 Å². The molecule has 0 spiro atoms. The zero-order valence-corrected chi connectivity index (χ0v) is 29.2. The molecule has 52 heavy (non-hydrogen) atoms. The third-order valence-corrected chi connectivity index (χ3v) is 11.9. The first-order valence-electron chi connectivity index (χ1n) is 18.2. The Labute approximate surface area is 298 Å². The summed E-state index contributed by atoms with van der Waals surface area (Å²) in [7, 11) is 0. The first-order chi connectivity index (χ1) is 25.1. The molecule has 2 bridgehead atoms. The number of piperidine rings is 1. The second-order valence-corrected chi connectivity index (χ2v) is 15.2. The number of fused-ring (bicyclic) bond motifs is 5. The maximum atomic E-state index is 17.1. The topological polar surface area (TPSA) is 110 Å². The number of aromatic hydroxyl groups is 1. The van der Waals surface area contributed by atoms with Crippen molar-refractivity contribution >= 4 is 33.4 Å². The minimum absolute atomic E-state index is 0.0240. The Hall–Kier alpha value is -4.78. The molecule has 270 valence electrons. The van der Waals surface area contributed by atoms with Crippen LogP contribution in [0.4, 0.5) is 19.0 Å². The molecule has 0 radical (unpaired) electrons. The lowest BCUT2D eigenvalue weighted by molar-refractivity contribution is 0.0788. The van der Waals surface area contributed by atoms with Crippen LogP contribution in [0.15, 0.2) is 42.7 Å². The van der Waals surface area contributed by atoms with E-state index in [-0.39, 0.29) is 58.8 Å². The molecule has 5 atom stereocenters. The quantitative estimate of drug-likeness (QED) is 0.198. The lowest BCUT2D eigenvalue weighted by Gasteiger charge is -2.34. The number of benzene rings is 2. The molecule has 13 heteroatoms. The molecule has 4 fully saturated rings. The molecule has 1 N–H and O–H groups in total. The monoisotopic (exact) mass is 711 g/mol. The van der Waals surface area contributed by atoms with Gasteiger partial charge in [0.1, 0.15) is 41.4 Å². The highest BCUT2D eigenvalue weighted by Crippen LogP contribution is 2.46. The van der Waals surface area contributed by atoms with E-state index in [9.17, 15) is 14.3 Å². The number of hydrogen-bond acceptors (Lipinski definition) is 9. The van der Waals surface area contributed by atoms with Gasteiger partial charge < -0.3 is 14.7 Å². The van der Waals surface area contributed by atoms with Gasteiger partial charge in [0.2, 0.25) is 5.91 Å². The Morgan fingerprint density at radius 1 is 1.12 bits per heavy atom. The van der Waals surface area contributed by atoms with Crippen molar-refractivity contribution in [2.45, 2.75) is 64.1 Å². The van der Waals surface area contributed by atoms with Crippen molar-refractivity contribution in [1.82, 2.24) is 29.6 Å². The van der Waals surface area contributed by atoms with Crippen molar-refractivity contribution in [1.29, 1.82) is 0 Å². The summed E-state index contributed by atoms with van der Waals surface area (Å²) in [5.41, 5.74) is 0.842. The van der Waals surface area contributed by atoms with Gasteiger partial charge in [0, 0.05) is 49.9 Å². The highest BCUT2D eigenvalue weighted by Gasteiger charge is 2.50. The average molecular weight is 712 g/mol. The molecule has 4 aliphatic rings. The van der Waals surface area contributed by atoms with Gasteiger partial charge in [-0.2, -0.15) is 15.1 Å². The van der Waals surface area contributed by atoms with Crippen LogP contribution in [0.3, 0.4) is 0 Å². The third-order valence-electron chi connectivity index (χ3n) is 11.9. The number of aryl methyl sites for hydroxylation is 2. The number of rotatable bonds is 7. The van der Waals surface area contributed by atoms with Gasteiger partial charge >= 0.3 is 6.01 Å². The van der Waals surface area contributed by atoms with E-state index in [1.807, 2.05) is 19.9 Å². The zero-order chi connectivity index (χ0) is 35.9. The van der Waals surface area contributed by atoms with Crippen LogP contribution >= 0.6 is 0 Å². The molecule has 0 unspecified atom stereocenters. The van der Waals surface area contributed by atoms with Crippen LogP contribution in [0.5, 0.6) is 11.8 Å². The van der Waals surface area contributed by atoms with E-state index in [1.54, 1.807) is 12.3 Å². The Morgan fingerprint density at radius 2 is 1.98 bits per heavy atom. The third kappa shape index (κ3) is 5.38. The number of ether oxygens (including phenoxy) is 1. The van der Waals surface area contributed by atoms with Crippen LogP contribution in [0.25, 0.3) is 32.9 Å². The molecule has 9 rings (SSSR count). The van der Waals surface area contributed by atoms with Crippen LogP contribution in [0.1, 0.15) is 55.1 Å². The summed E-state index contributed by atoms with van der Waals surface area (Å²) in [5.74, 6) is -0.826. The van der Waals surface area contributed by atoms with Gasteiger partial charge in [-0.25, -0.2) is 17.9 Å². The summed E-state index contributed by atoms with van der Waals surface area (Å²) >= 11 is 0. The van der Waals surface area contributed by atoms with E-state index in [2.05, 4.69) is 24.9 Å². The van der Waals surface area contributed by atoms with Gasteiger partial charge in [-0.05, 0) is 98.0 Å². The van der Waals surface area contributed by atoms with Gasteiger partial charge in [0.05, 0.1) is 16.6 Å². The molecule has 6 heterocycles. The van der Waals surface area contributed by atoms with Crippen LogP contribution in [-0.2, 0) is 6.42 Å². The van der Waals surface area contributed by atoms with Crippen molar-refractivity contribution in [3.63, 3.8) is 0 Å². The highest BCUT2D eigenvalue weighted by molar-refractivity contribution is 6.01. The summed E-state index contributed by atoms with van der Waals surface area (Å²) in [6.07, 6.45) is 6.33. The molecule has 1 saturated carbocycles. The molecule has 5 aromatic rings.